The van der Waals surface area contributed by atoms with Crippen LogP contribution in [0.2, 0.25) is 0 Å². The Balaban J connectivity index is 1.59. The maximum Gasteiger partial charge on any atom is 0.338 e. The first-order valence-corrected chi connectivity index (χ1v) is 10.4. The van der Waals surface area contributed by atoms with E-state index in [1.807, 2.05) is 4.90 Å². The van der Waals surface area contributed by atoms with E-state index in [-0.39, 0.29) is 11.6 Å². The average Bonchev–Trinajstić information content (AvgIpc) is 2.73. The van der Waals surface area contributed by atoms with Gasteiger partial charge in [-0.25, -0.2) is 13.6 Å². The quantitative estimate of drug-likeness (QED) is 0.670. The molecule has 160 valence electrons. The molecule has 2 aromatic rings. The number of anilines is 1. The second-order valence-electron chi connectivity index (χ2n) is 7.27. The van der Waals surface area contributed by atoms with Crippen LogP contribution in [0.5, 0.6) is 0 Å². The van der Waals surface area contributed by atoms with Crippen LogP contribution in [0.3, 0.4) is 0 Å². The van der Waals surface area contributed by atoms with E-state index in [2.05, 4.69) is 23.5 Å². The Morgan fingerprint density at radius 2 is 1.67 bits per heavy atom. The number of benzene rings is 2. The maximum atomic E-state index is 14.0. The van der Waals surface area contributed by atoms with Gasteiger partial charge in [-0.3, -0.25) is 9.69 Å². The summed E-state index contributed by atoms with van der Waals surface area (Å²) < 4.78 is 30.4. The fourth-order valence-electron chi connectivity index (χ4n) is 3.19. The predicted octanol–water partition coefficient (Wildman–Crippen LogP) is 3.95. The lowest BCUT2D eigenvalue weighted by molar-refractivity contribution is 0.0595. The minimum absolute atomic E-state index is 0.0275. The van der Waals surface area contributed by atoms with Crippen molar-refractivity contribution in [1.29, 1.82) is 0 Å². The summed E-state index contributed by atoms with van der Waals surface area (Å²) in [5.41, 5.74) is -0.314. The molecule has 0 radical (unpaired) electrons. The Labute approximate surface area is 178 Å². The largest absolute Gasteiger partial charge is 0.478 e. The molecule has 3 rings (SSSR count). The number of carbonyl (C=O) groups excluding carboxylic acids is 1. The normalized spacial score (nSPS) is 14.8. The molecular weight excluding hydrogens is 412 g/mol. The molecule has 1 saturated heterocycles. The van der Waals surface area contributed by atoms with E-state index in [9.17, 15) is 18.4 Å². The minimum Gasteiger partial charge on any atom is -0.478 e. The van der Waals surface area contributed by atoms with Gasteiger partial charge in [-0.15, -0.1) is 0 Å². The second-order valence-corrected chi connectivity index (χ2v) is 8.15. The number of rotatable bonds is 6. The molecule has 6 nitrogen and oxygen atoms in total. The summed E-state index contributed by atoms with van der Waals surface area (Å²) in [4.78, 5) is 28.4. The van der Waals surface area contributed by atoms with Crippen molar-refractivity contribution < 1.29 is 23.5 Å². The maximum absolute atomic E-state index is 14.0. The van der Waals surface area contributed by atoms with Crippen LogP contribution in [0.4, 0.5) is 14.5 Å². The molecule has 9 heteroatoms. The van der Waals surface area contributed by atoms with Crippen molar-refractivity contribution in [3.63, 3.8) is 0 Å². The highest BCUT2D eigenvalue weighted by Gasteiger charge is 2.23. The number of hydrogen-bond acceptors (Lipinski definition) is 5. The van der Waals surface area contributed by atoms with Crippen molar-refractivity contribution in [3.05, 3.63) is 59.2 Å². The molecule has 1 heterocycles. The molecule has 0 bridgehead atoms. The van der Waals surface area contributed by atoms with E-state index in [0.29, 0.717) is 35.7 Å². The van der Waals surface area contributed by atoms with E-state index < -0.39 is 23.2 Å². The molecule has 0 spiro atoms. The molecule has 2 N–H and O–H groups in total. The Hall–Kier alpha value is -2.65. The molecule has 1 amide bonds. The van der Waals surface area contributed by atoms with Gasteiger partial charge in [-0.2, -0.15) is 0 Å². The molecule has 0 aromatic heterocycles. The number of carboxylic acids is 1. The van der Waals surface area contributed by atoms with Gasteiger partial charge in [0.2, 0.25) is 0 Å². The average molecular weight is 435 g/mol. The van der Waals surface area contributed by atoms with Crippen LogP contribution >= 0.6 is 11.9 Å². The molecule has 1 fully saturated rings. The monoisotopic (exact) mass is 435 g/mol. The summed E-state index contributed by atoms with van der Waals surface area (Å²) in [6.07, 6.45) is 0. The summed E-state index contributed by atoms with van der Waals surface area (Å²) in [7, 11) is 0. The number of hydrogen-bond donors (Lipinski definition) is 2. The highest BCUT2D eigenvalue weighted by atomic mass is 32.2. The standard InChI is InChI=1S/C21H23F2N3O3S/c1-13(2)25-7-9-26(10-8-25)20(27)14-3-5-15(6-4-14)30-24-19-12-17(22)16(21(28)29)11-18(19)23/h3-6,11-13,24H,7-10H2,1-2H3,(H,28,29). The fraction of sp³-hybridized carbons (Fsp3) is 0.333. The lowest BCUT2D eigenvalue weighted by Gasteiger charge is -2.37. The van der Waals surface area contributed by atoms with Gasteiger partial charge in [0.1, 0.15) is 11.6 Å². The predicted molar refractivity (Wildman–Crippen MR) is 112 cm³/mol. The summed E-state index contributed by atoms with van der Waals surface area (Å²) in [5.74, 6) is -3.45. The Morgan fingerprint density at radius 3 is 2.23 bits per heavy atom. The number of nitrogens with zero attached hydrogens (tertiary/aromatic N) is 2. The molecule has 0 saturated carbocycles. The summed E-state index contributed by atoms with van der Waals surface area (Å²) in [6.45, 7) is 7.36. The molecule has 1 aliphatic rings. The molecule has 0 unspecified atom stereocenters. The van der Waals surface area contributed by atoms with E-state index in [1.165, 1.54) is 0 Å². The van der Waals surface area contributed by atoms with E-state index >= 15 is 0 Å². The number of piperazine rings is 1. The number of carbonyl (C=O) groups is 2. The number of amides is 1. The first kappa shape index (κ1) is 22.0. The van der Waals surface area contributed by atoms with E-state index in [1.54, 1.807) is 24.3 Å². The van der Waals surface area contributed by atoms with Crippen LogP contribution < -0.4 is 4.72 Å². The van der Waals surface area contributed by atoms with Crippen molar-refractivity contribution >= 4 is 29.5 Å². The molecule has 0 atom stereocenters. The zero-order valence-corrected chi connectivity index (χ0v) is 17.5. The highest BCUT2D eigenvalue weighted by molar-refractivity contribution is 8.00. The lowest BCUT2D eigenvalue weighted by Crippen LogP contribution is -2.50. The van der Waals surface area contributed by atoms with Crippen LogP contribution in [0, 0.1) is 11.6 Å². The Kier molecular flexibility index (Phi) is 6.94. The zero-order valence-electron chi connectivity index (χ0n) is 16.7. The van der Waals surface area contributed by atoms with Gasteiger partial charge in [0, 0.05) is 48.7 Å². The van der Waals surface area contributed by atoms with Gasteiger partial charge < -0.3 is 14.7 Å². The topological polar surface area (TPSA) is 72.9 Å². The number of aromatic carboxylic acids is 1. The second kappa shape index (κ2) is 9.44. The van der Waals surface area contributed by atoms with Crippen LogP contribution in [-0.4, -0.2) is 59.0 Å². The third-order valence-electron chi connectivity index (χ3n) is 5.00. The van der Waals surface area contributed by atoms with Crippen LogP contribution in [0.15, 0.2) is 41.3 Å². The third-order valence-corrected chi connectivity index (χ3v) is 5.83. The van der Waals surface area contributed by atoms with Crippen LogP contribution in [0.25, 0.3) is 0 Å². The van der Waals surface area contributed by atoms with Gasteiger partial charge in [0.15, 0.2) is 0 Å². The lowest BCUT2D eigenvalue weighted by atomic mass is 10.1. The molecule has 0 aliphatic carbocycles. The van der Waals surface area contributed by atoms with Gasteiger partial charge in [-0.05, 0) is 56.1 Å². The first-order chi connectivity index (χ1) is 14.3. The van der Waals surface area contributed by atoms with Gasteiger partial charge in [-0.1, -0.05) is 0 Å². The summed E-state index contributed by atoms with van der Waals surface area (Å²) in [5, 5.41) is 8.83. The number of nitrogens with one attached hydrogen (secondary N) is 1. The highest BCUT2D eigenvalue weighted by Crippen LogP contribution is 2.26. The zero-order chi connectivity index (χ0) is 21.8. The fourth-order valence-corrected chi connectivity index (χ4v) is 3.85. The molecule has 1 aliphatic heterocycles. The third kappa shape index (κ3) is 5.09. The van der Waals surface area contributed by atoms with Gasteiger partial charge in [0.25, 0.3) is 5.91 Å². The number of carboxylic acid groups (broad SMARTS) is 1. The van der Waals surface area contributed by atoms with Crippen LogP contribution in [-0.2, 0) is 0 Å². The SMILES string of the molecule is CC(C)N1CCN(C(=O)c2ccc(SNc3cc(F)c(C(=O)O)cc3F)cc2)CC1. The smallest absolute Gasteiger partial charge is 0.338 e. The van der Waals surface area contributed by atoms with Gasteiger partial charge >= 0.3 is 5.97 Å². The molecule has 2 aromatic carbocycles. The molecule has 30 heavy (non-hydrogen) atoms. The van der Waals surface area contributed by atoms with Crippen molar-refractivity contribution in [2.24, 2.45) is 0 Å². The van der Waals surface area contributed by atoms with E-state index in [4.69, 9.17) is 5.11 Å². The van der Waals surface area contributed by atoms with Crippen molar-refractivity contribution in [2.45, 2.75) is 24.8 Å². The van der Waals surface area contributed by atoms with Gasteiger partial charge in [0.05, 0.1) is 11.3 Å². The van der Waals surface area contributed by atoms with E-state index in [0.717, 1.165) is 31.1 Å². The van der Waals surface area contributed by atoms with Crippen LogP contribution in [0.1, 0.15) is 34.6 Å². The summed E-state index contributed by atoms with van der Waals surface area (Å²) in [6, 6.07) is 8.74. The minimum atomic E-state index is -1.53. The molecular formula is C21H23F2N3O3S. The van der Waals surface area contributed by atoms with Crippen molar-refractivity contribution in [1.82, 2.24) is 9.80 Å². The number of halogens is 2. The van der Waals surface area contributed by atoms with Crippen molar-refractivity contribution in [3.8, 4) is 0 Å². The Morgan fingerprint density at radius 1 is 1.03 bits per heavy atom. The van der Waals surface area contributed by atoms with Crippen molar-refractivity contribution in [2.75, 3.05) is 30.9 Å². The Bertz CT molecular complexity index is 930. The summed E-state index contributed by atoms with van der Waals surface area (Å²) >= 11 is 1.03. The first-order valence-electron chi connectivity index (χ1n) is 9.55.